The van der Waals surface area contributed by atoms with Crippen LogP contribution in [-0.2, 0) is 0 Å². The molecule has 9 heteroatoms. The van der Waals surface area contributed by atoms with E-state index in [9.17, 15) is 5.21 Å². The zero-order valence-corrected chi connectivity index (χ0v) is 14.7. The average Bonchev–Trinajstić information content (AvgIpc) is 3.23. The summed E-state index contributed by atoms with van der Waals surface area (Å²) in [5.74, 6) is 1.54. The number of fused-ring (bicyclic) bond motifs is 1. The molecule has 0 spiro atoms. The van der Waals surface area contributed by atoms with Crippen molar-refractivity contribution in [3.63, 3.8) is 0 Å². The zero-order valence-electron chi connectivity index (χ0n) is 13.9. The Hall–Kier alpha value is -2.59. The minimum Gasteiger partial charge on any atom is -0.595 e. The van der Waals surface area contributed by atoms with Gasteiger partial charge in [-0.05, 0) is 48.9 Å². The van der Waals surface area contributed by atoms with Crippen molar-refractivity contribution in [2.45, 2.75) is 17.5 Å². The van der Waals surface area contributed by atoms with Crippen molar-refractivity contribution >= 4 is 17.4 Å². The molecule has 0 aliphatic carbocycles. The highest BCUT2D eigenvalue weighted by Crippen LogP contribution is 2.40. The molecule has 134 valence electrons. The lowest BCUT2D eigenvalue weighted by Gasteiger charge is -2.14. The molecule has 2 atom stereocenters. The van der Waals surface area contributed by atoms with E-state index < -0.39 is 5.23 Å². The second-order valence-electron chi connectivity index (χ2n) is 5.65. The number of thioether (sulfide) groups is 1. The molecule has 3 aromatic rings. The van der Waals surface area contributed by atoms with Gasteiger partial charge in [0.05, 0.1) is 6.61 Å². The molecule has 0 fully saturated rings. The Bertz CT molecular complexity index is 896. The van der Waals surface area contributed by atoms with Crippen molar-refractivity contribution in [3.8, 4) is 17.1 Å². The van der Waals surface area contributed by atoms with Gasteiger partial charge in [0.1, 0.15) is 11.1 Å². The first-order chi connectivity index (χ1) is 12.7. The van der Waals surface area contributed by atoms with Crippen molar-refractivity contribution in [2.24, 2.45) is 0 Å². The van der Waals surface area contributed by atoms with Gasteiger partial charge < -0.3 is 15.4 Å². The summed E-state index contributed by atoms with van der Waals surface area (Å²) in [4.78, 5) is 0. The van der Waals surface area contributed by atoms with Crippen LogP contribution in [0.4, 0.5) is 5.69 Å². The summed E-state index contributed by atoms with van der Waals surface area (Å²) in [6, 6.07) is 14.5. The van der Waals surface area contributed by atoms with Gasteiger partial charge in [-0.2, -0.15) is 5.23 Å². The van der Waals surface area contributed by atoms with Gasteiger partial charge in [-0.3, -0.25) is 0 Å². The van der Waals surface area contributed by atoms with Crippen molar-refractivity contribution in [1.82, 2.24) is 14.9 Å². The molecular formula is C17H17N5O3S. The summed E-state index contributed by atoms with van der Waals surface area (Å²) in [6.45, 7) is 2.57. The number of rotatable bonds is 5. The third-order valence-electron chi connectivity index (χ3n) is 3.99. The van der Waals surface area contributed by atoms with Crippen molar-refractivity contribution in [1.29, 1.82) is 0 Å². The first kappa shape index (κ1) is 16.9. The Morgan fingerprint density at radius 3 is 2.58 bits per heavy atom. The quantitative estimate of drug-likeness (QED) is 0.591. The molecule has 2 aromatic carbocycles. The Labute approximate surface area is 153 Å². The minimum atomic E-state index is -0.932. The number of nitrogens with one attached hydrogen (secondary N) is 2. The van der Waals surface area contributed by atoms with Crippen molar-refractivity contribution < 1.29 is 15.2 Å². The zero-order chi connectivity index (χ0) is 18.1. The molecule has 1 aliphatic rings. The van der Waals surface area contributed by atoms with E-state index in [1.165, 1.54) is 11.8 Å². The van der Waals surface area contributed by atoms with Crippen LogP contribution in [0.2, 0.25) is 0 Å². The van der Waals surface area contributed by atoms with Gasteiger partial charge in [0.2, 0.25) is 5.16 Å². The SMILES string of the molecule is CCOc1ccc(-c2nnc3n2N[C@H](c2ccc([NH+]([O-])O)cc2)S3)cc1. The summed E-state index contributed by atoms with van der Waals surface area (Å²) >= 11 is 1.54. The van der Waals surface area contributed by atoms with Gasteiger partial charge in [-0.1, -0.05) is 11.8 Å². The van der Waals surface area contributed by atoms with Crippen LogP contribution in [0.15, 0.2) is 53.7 Å². The topological polar surface area (TPSA) is 99.7 Å². The molecule has 1 unspecified atom stereocenters. The van der Waals surface area contributed by atoms with Gasteiger partial charge in [0.25, 0.3) is 0 Å². The maximum Gasteiger partial charge on any atom is 0.212 e. The predicted octanol–water partition coefficient (Wildman–Crippen LogP) is 2.10. The molecule has 4 rings (SSSR count). The molecule has 1 aromatic heterocycles. The van der Waals surface area contributed by atoms with E-state index in [1.807, 2.05) is 48.0 Å². The summed E-state index contributed by atoms with van der Waals surface area (Å²) in [7, 11) is 0. The molecule has 0 bridgehead atoms. The lowest BCUT2D eigenvalue weighted by molar-refractivity contribution is -0.991. The van der Waals surface area contributed by atoms with Crippen molar-refractivity contribution in [3.05, 3.63) is 59.3 Å². The number of nitrogens with zero attached hydrogens (tertiary/aromatic N) is 3. The second-order valence-corrected chi connectivity index (χ2v) is 6.73. The standard InChI is InChI=1S/C17H17N5O3S/c1-2-25-14-9-5-11(6-10-14)15-18-19-17-21(15)20-16(26-17)12-3-7-13(8-4-12)22(23)24/h3-10,16,20,22-23H,2H2,1H3/t16-/m0/s1. The highest BCUT2D eigenvalue weighted by Gasteiger charge is 2.28. The molecule has 26 heavy (non-hydrogen) atoms. The first-order valence-corrected chi connectivity index (χ1v) is 8.99. The fourth-order valence-corrected chi connectivity index (χ4v) is 3.70. The van der Waals surface area contributed by atoms with Crippen LogP contribution in [0.1, 0.15) is 17.9 Å². The van der Waals surface area contributed by atoms with Crippen molar-refractivity contribution in [2.75, 3.05) is 12.0 Å². The van der Waals surface area contributed by atoms with Gasteiger partial charge in [0, 0.05) is 17.7 Å². The summed E-state index contributed by atoms with van der Waals surface area (Å²) in [5.41, 5.74) is 5.54. The monoisotopic (exact) mass is 371 g/mol. The molecule has 0 saturated carbocycles. The first-order valence-electron chi connectivity index (χ1n) is 8.11. The largest absolute Gasteiger partial charge is 0.595 e. The van der Waals surface area contributed by atoms with E-state index >= 15 is 0 Å². The van der Waals surface area contributed by atoms with Crippen LogP contribution in [0, 0.1) is 5.21 Å². The normalized spacial score (nSPS) is 16.8. The molecule has 0 saturated heterocycles. The molecule has 0 radical (unpaired) electrons. The number of hydrogen-bond donors (Lipinski definition) is 3. The lowest BCUT2D eigenvalue weighted by atomic mass is 10.2. The molecule has 0 amide bonds. The van der Waals surface area contributed by atoms with Crippen LogP contribution < -0.4 is 15.4 Å². The van der Waals surface area contributed by atoms with E-state index in [0.29, 0.717) is 6.61 Å². The third kappa shape index (κ3) is 3.13. The number of ether oxygens (including phenoxy) is 1. The lowest BCUT2D eigenvalue weighted by Crippen LogP contribution is -2.99. The average molecular weight is 371 g/mol. The smallest absolute Gasteiger partial charge is 0.212 e. The van der Waals surface area contributed by atoms with Crippen LogP contribution >= 0.6 is 11.8 Å². The molecule has 8 nitrogen and oxygen atoms in total. The van der Waals surface area contributed by atoms with Crippen LogP contribution in [0.5, 0.6) is 5.75 Å². The van der Waals surface area contributed by atoms with E-state index in [0.717, 1.165) is 27.9 Å². The maximum absolute atomic E-state index is 11.0. The molecular weight excluding hydrogens is 354 g/mol. The van der Waals surface area contributed by atoms with E-state index in [4.69, 9.17) is 9.94 Å². The van der Waals surface area contributed by atoms with Gasteiger partial charge in [0.15, 0.2) is 11.5 Å². The fraction of sp³-hybridized carbons (Fsp3) is 0.176. The number of aromatic nitrogens is 3. The Kier molecular flexibility index (Phi) is 4.51. The number of benzene rings is 2. The second kappa shape index (κ2) is 6.96. The predicted molar refractivity (Wildman–Crippen MR) is 96.8 cm³/mol. The van der Waals surface area contributed by atoms with Gasteiger partial charge >= 0.3 is 0 Å². The van der Waals surface area contributed by atoms with Crippen LogP contribution in [0.3, 0.4) is 0 Å². The molecule has 2 heterocycles. The fourth-order valence-electron chi connectivity index (χ4n) is 2.71. The Balaban J connectivity index is 1.55. The van der Waals surface area contributed by atoms with Gasteiger partial charge in [-0.25, -0.2) is 9.88 Å². The summed E-state index contributed by atoms with van der Waals surface area (Å²) in [6.07, 6.45) is 0. The maximum atomic E-state index is 11.0. The highest BCUT2D eigenvalue weighted by molar-refractivity contribution is 7.99. The highest BCUT2D eigenvalue weighted by atomic mass is 32.2. The molecule has 1 aliphatic heterocycles. The third-order valence-corrected chi connectivity index (χ3v) is 5.08. The number of hydrogen-bond acceptors (Lipinski definition) is 7. The van der Waals surface area contributed by atoms with E-state index in [-0.39, 0.29) is 11.1 Å². The number of quaternary nitrogens is 1. The minimum absolute atomic E-state index is 0.0511. The Morgan fingerprint density at radius 1 is 1.19 bits per heavy atom. The van der Waals surface area contributed by atoms with E-state index in [2.05, 4.69) is 15.6 Å². The molecule has 3 N–H and O–H groups in total. The Morgan fingerprint density at radius 2 is 1.92 bits per heavy atom. The van der Waals surface area contributed by atoms with Crippen LogP contribution in [-0.4, -0.2) is 26.7 Å². The summed E-state index contributed by atoms with van der Waals surface area (Å²) < 4.78 is 7.33. The summed E-state index contributed by atoms with van der Waals surface area (Å²) in [5, 5.41) is 28.3. The van der Waals surface area contributed by atoms with E-state index in [1.54, 1.807) is 12.1 Å². The van der Waals surface area contributed by atoms with Crippen LogP contribution in [0.25, 0.3) is 11.4 Å². The van der Waals surface area contributed by atoms with Gasteiger partial charge in [-0.15, -0.1) is 10.2 Å².